The normalized spacial score (nSPS) is 33.5. The fourth-order valence-electron chi connectivity index (χ4n) is 3.17. The van der Waals surface area contributed by atoms with Crippen LogP contribution < -0.4 is 5.32 Å². The third kappa shape index (κ3) is 2.79. The van der Waals surface area contributed by atoms with E-state index in [0.717, 1.165) is 12.8 Å². The van der Waals surface area contributed by atoms with Crippen molar-refractivity contribution in [2.45, 2.75) is 52.5 Å². The lowest BCUT2D eigenvalue weighted by molar-refractivity contribution is -0.154. The molecule has 0 radical (unpaired) electrons. The van der Waals surface area contributed by atoms with Crippen molar-refractivity contribution in [2.75, 3.05) is 0 Å². The van der Waals surface area contributed by atoms with E-state index in [2.05, 4.69) is 12.2 Å². The molecule has 4 heteroatoms. The third-order valence-electron chi connectivity index (χ3n) is 3.86. The fourth-order valence-corrected chi connectivity index (χ4v) is 3.17. The molecule has 98 valence electrons. The summed E-state index contributed by atoms with van der Waals surface area (Å²) in [5.41, 5.74) is -1.07. The standard InChI is InChI=1S/C13H23NO3/c1-8(2)11-6-5-9(3)7-13(11,12(16)17)14-10(4)15/h8-9,11H,5-7H2,1-4H3,(H,14,15)(H,16,17). The molecule has 1 aliphatic carbocycles. The van der Waals surface area contributed by atoms with Gasteiger partial charge < -0.3 is 10.4 Å². The molecule has 0 heterocycles. The maximum absolute atomic E-state index is 11.7. The van der Waals surface area contributed by atoms with E-state index in [1.54, 1.807) is 0 Å². The van der Waals surface area contributed by atoms with Crippen LogP contribution in [0.4, 0.5) is 0 Å². The van der Waals surface area contributed by atoms with Crippen molar-refractivity contribution in [3.8, 4) is 0 Å². The van der Waals surface area contributed by atoms with Gasteiger partial charge in [-0.25, -0.2) is 4.79 Å². The van der Waals surface area contributed by atoms with Crippen molar-refractivity contribution in [2.24, 2.45) is 17.8 Å². The molecule has 0 aliphatic heterocycles. The maximum Gasteiger partial charge on any atom is 0.329 e. The van der Waals surface area contributed by atoms with E-state index >= 15 is 0 Å². The molecule has 1 fully saturated rings. The van der Waals surface area contributed by atoms with Crippen LogP contribution in [0, 0.1) is 17.8 Å². The minimum atomic E-state index is -1.07. The molecule has 17 heavy (non-hydrogen) atoms. The minimum absolute atomic E-state index is 0.0140. The molecule has 2 N–H and O–H groups in total. The Labute approximate surface area is 103 Å². The van der Waals surface area contributed by atoms with Crippen molar-refractivity contribution >= 4 is 11.9 Å². The van der Waals surface area contributed by atoms with Crippen LogP contribution in [0.25, 0.3) is 0 Å². The van der Waals surface area contributed by atoms with E-state index in [1.807, 2.05) is 13.8 Å². The molecule has 3 atom stereocenters. The second-order valence-electron chi connectivity index (χ2n) is 5.69. The summed E-state index contributed by atoms with van der Waals surface area (Å²) in [6.07, 6.45) is 2.44. The van der Waals surface area contributed by atoms with E-state index in [9.17, 15) is 14.7 Å². The maximum atomic E-state index is 11.7. The number of carbonyl (C=O) groups excluding carboxylic acids is 1. The van der Waals surface area contributed by atoms with Gasteiger partial charge in [-0.05, 0) is 30.6 Å². The number of hydrogen-bond acceptors (Lipinski definition) is 2. The van der Waals surface area contributed by atoms with Crippen LogP contribution in [0.5, 0.6) is 0 Å². The Balaban J connectivity index is 3.09. The van der Waals surface area contributed by atoms with Crippen LogP contribution >= 0.6 is 0 Å². The number of hydrogen-bond donors (Lipinski definition) is 2. The lowest BCUT2D eigenvalue weighted by atomic mass is 9.65. The zero-order chi connectivity index (χ0) is 13.2. The summed E-state index contributed by atoms with van der Waals surface area (Å²) in [5, 5.41) is 12.3. The molecule has 1 aliphatic rings. The van der Waals surface area contributed by atoms with Gasteiger partial charge >= 0.3 is 5.97 Å². The van der Waals surface area contributed by atoms with Gasteiger partial charge in [0.2, 0.25) is 5.91 Å². The highest BCUT2D eigenvalue weighted by molar-refractivity contribution is 5.86. The van der Waals surface area contributed by atoms with Gasteiger partial charge in [-0.15, -0.1) is 0 Å². The Hall–Kier alpha value is -1.06. The van der Waals surface area contributed by atoms with Crippen molar-refractivity contribution in [1.29, 1.82) is 0 Å². The summed E-state index contributed by atoms with van der Waals surface area (Å²) in [5.74, 6) is -0.538. The number of nitrogens with one attached hydrogen (secondary N) is 1. The quantitative estimate of drug-likeness (QED) is 0.794. The van der Waals surface area contributed by atoms with Gasteiger partial charge in [0.05, 0.1) is 0 Å². The van der Waals surface area contributed by atoms with E-state index < -0.39 is 11.5 Å². The molecule has 0 aromatic carbocycles. The summed E-state index contributed by atoms with van der Waals surface area (Å²) in [4.78, 5) is 23.0. The van der Waals surface area contributed by atoms with Crippen LogP contribution in [-0.4, -0.2) is 22.5 Å². The number of aliphatic carboxylic acids is 1. The first kappa shape index (κ1) is 14.0. The highest BCUT2D eigenvalue weighted by atomic mass is 16.4. The zero-order valence-electron chi connectivity index (χ0n) is 11.1. The van der Waals surface area contributed by atoms with Gasteiger partial charge in [-0.3, -0.25) is 4.79 Å². The Bertz CT molecular complexity index is 314. The van der Waals surface area contributed by atoms with E-state index in [4.69, 9.17) is 0 Å². The molecule has 4 nitrogen and oxygen atoms in total. The first-order chi connectivity index (χ1) is 7.79. The Morgan fingerprint density at radius 3 is 2.35 bits per heavy atom. The lowest BCUT2D eigenvalue weighted by Crippen LogP contribution is -2.62. The minimum Gasteiger partial charge on any atom is -0.479 e. The average Bonchev–Trinajstić information content (AvgIpc) is 2.15. The van der Waals surface area contributed by atoms with E-state index in [1.165, 1.54) is 6.92 Å². The summed E-state index contributed by atoms with van der Waals surface area (Å²) in [7, 11) is 0. The summed E-state index contributed by atoms with van der Waals surface area (Å²) >= 11 is 0. The number of rotatable bonds is 3. The summed E-state index contributed by atoms with van der Waals surface area (Å²) in [6, 6.07) is 0. The molecule has 1 rings (SSSR count). The van der Waals surface area contributed by atoms with Crippen molar-refractivity contribution in [1.82, 2.24) is 5.32 Å². The molecule has 0 bridgehead atoms. The Morgan fingerprint density at radius 1 is 1.35 bits per heavy atom. The molecule has 0 aromatic rings. The second-order valence-corrected chi connectivity index (χ2v) is 5.69. The SMILES string of the molecule is CC(=O)NC1(C(=O)O)CC(C)CCC1C(C)C. The van der Waals surface area contributed by atoms with Crippen molar-refractivity contribution < 1.29 is 14.7 Å². The Morgan fingerprint density at radius 2 is 1.94 bits per heavy atom. The van der Waals surface area contributed by atoms with Gasteiger partial charge in [-0.2, -0.15) is 0 Å². The lowest BCUT2D eigenvalue weighted by Gasteiger charge is -2.45. The van der Waals surface area contributed by atoms with E-state index in [0.29, 0.717) is 12.3 Å². The first-order valence-electron chi connectivity index (χ1n) is 6.31. The predicted molar refractivity (Wildman–Crippen MR) is 65.5 cm³/mol. The van der Waals surface area contributed by atoms with Crippen molar-refractivity contribution in [3.63, 3.8) is 0 Å². The second kappa shape index (κ2) is 5.07. The summed E-state index contributed by atoms with van der Waals surface area (Å²) < 4.78 is 0. The largest absolute Gasteiger partial charge is 0.479 e. The smallest absolute Gasteiger partial charge is 0.329 e. The molecule has 3 unspecified atom stereocenters. The zero-order valence-corrected chi connectivity index (χ0v) is 11.1. The predicted octanol–water partition coefficient (Wildman–Crippen LogP) is 2.04. The number of amides is 1. The van der Waals surface area contributed by atoms with Crippen LogP contribution in [0.2, 0.25) is 0 Å². The number of carboxylic acid groups (broad SMARTS) is 1. The van der Waals surface area contributed by atoms with Crippen LogP contribution in [0.1, 0.15) is 47.0 Å². The number of carbonyl (C=O) groups is 2. The van der Waals surface area contributed by atoms with Gasteiger partial charge in [0.1, 0.15) is 5.54 Å². The monoisotopic (exact) mass is 241 g/mol. The fraction of sp³-hybridized carbons (Fsp3) is 0.846. The molecule has 0 spiro atoms. The van der Waals surface area contributed by atoms with Gasteiger partial charge in [0.25, 0.3) is 0 Å². The molecule has 1 saturated carbocycles. The molecule has 1 amide bonds. The van der Waals surface area contributed by atoms with Crippen molar-refractivity contribution in [3.05, 3.63) is 0 Å². The highest BCUT2D eigenvalue weighted by Crippen LogP contribution is 2.41. The average molecular weight is 241 g/mol. The first-order valence-corrected chi connectivity index (χ1v) is 6.31. The number of carboxylic acids is 1. The van der Waals surface area contributed by atoms with Crippen LogP contribution in [0.15, 0.2) is 0 Å². The van der Waals surface area contributed by atoms with Crippen LogP contribution in [0.3, 0.4) is 0 Å². The third-order valence-corrected chi connectivity index (χ3v) is 3.86. The molecular formula is C13H23NO3. The topological polar surface area (TPSA) is 66.4 Å². The Kier molecular flexibility index (Phi) is 4.17. The van der Waals surface area contributed by atoms with Crippen LogP contribution in [-0.2, 0) is 9.59 Å². The van der Waals surface area contributed by atoms with E-state index in [-0.39, 0.29) is 17.7 Å². The van der Waals surface area contributed by atoms with Gasteiger partial charge in [0, 0.05) is 6.92 Å². The molecular weight excluding hydrogens is 218 g/mol. The van der Waals surface area contributed by atoms with Gasteiger partial charge in [-0.1, -0.05) is 27.2 Å². The molecule has 0 aromatic heterocycles. The van der Waals surface area contributed by atoms with Gasteiger partial charge in [0.15, 0.2) is 0 Å². The summed E-state index contributed by atoms with van der Waals surface area (Å²) in [6.45, 7) is 7.50. The molecule has 0 saturated heterocycles. The highest BCUT2D eigenvalue weighted by Gasteiger charge is 2.50.